The molecule has 10 heteroatoms. The number of halogens is 2. The second-order valence-electron chi connectivity index (χ2n) is 4.27. The molecule has 0 fully saturated rings. The molecule has 2 rings (SSSR count). The smallest absolute Gasteiger partial charge is 0.282 e. The molecule has 0 aliphatic rings. The van der Waals surface area contributed by atoms with Crippen LogP contribution in [0.5, 0.6) is 0 Å². The Kier molecular flexibility index (Phi) is 4.42. The largest absolute Gasteiger partial charge is 0.295 e. The Balaban J connectivity index is 3.00. The fourth-order valence-corrected chi connectivity index (χ4v) is 3.82. The Morgan fingerprint density at radius 1 is 1.05 bits per heavy atom. The average Bonchev–Trinajstić information content (AvgIpc) is 2.36. The van der Waals surface area contributed by atoms with Gasteiger partial charge in [0.2, 0.25) is 10.0 Å². The summed E-state index contributed by atoms with van der Waals surface area (Å²) in [7, 11) is -9.13. The van der Waals surface area contributed by atoms with E-state index in [9.17, 15) is 25.8 Å². The standard InChI is InChI=1S/C12H9BrFNO5S2/c13-7-4-5-8(9(14)6-7)12-10(21(15,16)17)2-1-3-11(12)22(18,19)20/h1-6H,(H2,15,16,17)(H,18,19,20). The minimum Gasteiger partial charge on any atom is -0.282 e. The molecule has 0 saturated carbocycles. The van der Waals surface area contributed by atoms with Crippen molar-refractivity contribution in [3.8, 4) is 11.1 Å². The van der Waals surface area contributed by atoms with E-state index in [0.29, 0.717) is 4.47 Å². The van der Waals surface area contributed by atoms with Gasteiger partial charge in [-0.05, 0) is 24.3 Å². The summed E-state index contributed by atoms with van der Waals surface area (Å²) in [4.78, 5) is -1.36. The molecule has 0 aliphatic carbocycles. The van der Waals surface area contributed by atoms with E-state index in [0.717, 1.165) is 24.3 Å². The lowest BCUT2D eigenvalue weighted by Crippen LogP contribution is -2.15. The summed E-state index contributed by atoms with van der Waals surface area (Å²) in [5.41, 5.74) is -0.835. The van der Waals surface area contributed by atoms with Gasteiger partial charge in [0.1, 0.15) is 10.7 Å². The van der Waals surface area contributed by atoms with Gasteiger partial charge in [-0.25, -0.2) is 17.9 Å². The quantitative estimate of drug-likeness (QED) is 0.753. The first-order chi connectivity index (χ1) is 10.0. The number of nitrogens with two attached hydrogens (primary N) is 1. The third-order valence-corrected chi connectivity index (χ3v) is 5.12. The van der Waals surface area contributed by atoms with Crippen molar-refractivity contribution in [1.29, 1.82) is 0 Å². The van der Waals surface area contributed by atoms with E-state index in [1.165, 1.54) is 12.1 Å². The van der Waals surface area contributed by atoms with Crippen molar-refractivity contribution in [3.63, 3.8) is 0 Å². The average molecular weight is 410 g/mol. The Hall–Kier alpha value is -1.33. The summed E-state index contributed by atoms with van der Waals surface area (Å²) < 4.78 is 70.0. The van der Waals surface area contributed by atoms with Crippen molar-refractivity contribution < 1.29 is 25.8 Å². The van der Waals surface area contributed by atoms with Gasteiger partial charge in [0.05, 0.1) is 4.90 Å². The molecule has 0 atom stereocenters. The van der Waals surface area contributed by atoms with Crippen LogP contribution >= 0.6 is 15.9 Å². The van der Waals surface area contributed by atoms with Crippen LogP contribution in [0, 0.1) is 5.82 Å². The lowest BCUT2D eigenvalue weighted by Gasteiger charge is -2.13. The molecule has 0 bridgehead atoms. The zero-order chi connectivity index (χ0) is 16.7. The zero-order valence-electron chi connectivity index (χ0n) is 10.7. The SMILES string of the molecule is NS(=O)(=O)c1cccc(S(=O)(=O)O)c1-c1ccc(Br)cc1F. The van der Waals surface area contributed by atoms with E-state index >= 15 is 0 Å². The summed E-state index contributed by atoms with van der Waals surface area (Å²) in [6.07, 6.45) is 0. The van der Waals surface area contributed by atoms with Crippen LogP contribution in [0.15, 0.2) is 50.7 Å². The summed E-state index contributed by atoms with van der Waals surface area (Å²) in [6, 6.07) is 6.68. The van der Waals surface area contributed by atoms with E-state index in [-0.39, 0.29) is 5.56 Å². The van der Waals surface area contributed by atoms with Gasteiger partial charge >= 0.3 is 0 Å². The Morgan fingerprint density at radius 3 is 2.14 bits per heavy atom. The van der Waals surface area contributed by atoms with Gasteiger partial charge in [-0.2, -0.15) is 8.42 Å². The van der Waals surface area contributed by atoms with Gasteiger partial charge in [0.15, 0.2) is 0 Å². The monoisotopic (exact) mass is 409 g/mol. The van der Waals surface area contributed by atoms with E-state index in [1.54, 1.807) is 0 Å². The van der Waals surface area contributed by atoms with Crippen molar-refractivity contribution >= 4 is 36.1 Å². The summed E-state index contributed by atoms with van der Waals surface area (Å²) in [5, 5.41) is 5.05. The number of hydrogen-bond donors (Lipinski definition) is 2. The van der Waals surface area contributed by atoms with Gasteiger partial charge in [-0.1, -0.05) is 28.1 Å². The highest BCUT2D eigenvalue weighted by Crippen LogP contribution is 2.35. The highest BCUT2D eigenvalue weighted by molar-refractivity contribution is 9.10. The molecule has 0 unspecified atom stereocenters. The number of sulfonamides is 1. The van der Waals surface area contributed by atoms with Gasteiger partial charge in [-0.15, -0.1) is 0 Å². The van der Waals surface area contributed by atoms with Crippen molar-refractivity contribution in [2.45, 2.75) is 9.79 Å². The van der Waals surface area contributed by atoms with E-state index in [4.69, 9.17) is 5.14 Å². The molecule has 0 amide bonds. The Morgan fingerprint density at radius 2 is 1.64 bits per heavy atom. The molecule has 0 heterocycles. The van der Waals surface area contributed by atoms with E-state index < -0.39 is 41.3 Å². The highest BCUT2D eigenvalue weighted by atomic mass is 79.9. The molecule has 118 valence electrons. The van der Waals surface area contributed by atoms with Gasteiger partial charge in [-0.3, -0.25) is 4.55 Å². The van der Waals surface area contributed by atoms with Crippen LogP contribution in [0.3, 0.4) is 0 Å². The zero-order valence-corrected chi connectivity index (χ0v) is 13.9. The third kappa shape index (κ3) is 3.36. The van der Waals surface area contributed by atoms with Crippen LogP contribution in [0.25, 0.3) is 11.1 Å². The molecule has 0 radical (unpaired) electrons. The summed E-state index contributed by atoms with van der Waals surface area (Å²) >= 11 is 3.03. The number of rotatable bonds is 3. The molecule has 2 aromatic carbocycles. The number of primary sulfonamides is 1. The van der Waals surface area contributed by atoms with Crippen molar-refractivity contribution in [2.24, 2.45) is 5.14 Å². The van der Waals surface area contributed by atoms with Crippen LogP contribution in [-0.4, -0.2) is 21.4 Å². The van der Waals surface area contributed by atoms with E-state index in [2.05, 4.69) is 15.9 Å². The van der Waals surface area contributed by atoms with Crippen LogP contribution in [-0.2, 0) is 20.1 Å². The molecule has 22 heavy (non-hydrogen) atoms. The minimum absolute atomic E-state index is 0.319. The van der Waals surface area contributed by atoms with Gasteiger partial charge in [0.25, 0.3) is 10.1 Å². The molecule has 0 aliphatic heterocycles. The predicted molar refractivity (Wildman–Crippen MR) is 80.7 cm³/mol. The summed E-state index contributed by atoms with van der Waals surface area (Å²) in [5.74, 6) is -0.879. The summed E-state index contributed by atoms with van der Waals surface area (Å²) in [6.45, 7) is 0. The lowest BCUT2D eigenvalue weighted by atomic mass is 10.1. The fraction of sp³-hybridized carbons (Fsp3) is 0. The topological polar surface area (TPSA) is 115 Å². The maximum Gasteiger partial charge on any atom is 0.295 e. The first-order valence-electron chi connectivity index (χ1n) is 5.60. The van der Waals surface area contributed by atoms with E-state index in [1.807, 2.05) is 0 Å². The minimum atomic E-state index is -4.79. The first-order valence-corrected chi connectivity index (χ1v) is 9.38. The van der Waals surface area contributed by atoms with Crippen LogP contribution < -0.4 is 5.14 Å². The number of benzene rings is 2. The second kappa shape index (κ2) is 5.70. The Labute approximate surface area is 134 Å². The molecular weight excluding hydrogens is 401 g/mol. The predicted octanol–water partition coefficient (Wildman–Crippen LogP) is 2.15. The van der Waals surface area contributed by atoms with Gasteiger partial charge in [0, 0.05) is 15.6 Å². The molecule has 3 N–H and O–H groups in total. The first kappa shape index (κ1) is 17.0. The van der Waals surface area contributed by atoms with Crippen LogP contribution in [0.4, 0.5) is 4.39 Å². The normalized spacial score (nSPS) is 12.4. The highest BCUT2D eigenvalue weighted by Gasteiger charge is 2.26. The molecule has 0 spiro atoms. The van der Waals surface area contributed by atoms with Gasteiger partial charge < -0.3 is 0 Å². The second-order valence-corrected chi connectivity index (χ2v) is 8.11. The van der Waals surface area contributed by atoms with Crippen molar-refractivity contribution in [2.75, 3.05) is 0 Å². The molecule has 0 aromatic heterocycles. The van der Waals surface area contributed by atoms with Crippen LogP contribution in [0.2, 0.25) is 0 Å². The number of hydrogen-bond acceptors (Lipinski definition) is 4. The van der Waals surface area contributed by atoms with Crippen molar-refractivity contribution in [1.82, 2.24) is 0 Å². The Bertz CT molecular complexity index is 907. The molecule has 6 nitrogen and oxygen atoms in total. The van der Waals surface area contributed by atoms with Crippen molar-refractivity contribution in [3.05, 3.63) is 46.7 Å². The lowest BCUT2D eigenvalue weighted by molar-refractivity contribution is 0.483. The molecule has 2 aromatic rings. The maximum atomic E-state index is 14.1. The molecular formula is C12H9BrFNO5S2. The maximum absolute atomic E-state index is 14.1. The fourth-order valence-electron chi connectivity index (χ4n) is 1.92. The van der Waals surface area contributed by atoms with Crippen LogP contribution in [0.1, 0.15) is 0 Å². The molecule has 0 saturated heterocycles. The third-order valence-electron chi connectivity index (χ3n) is 2.77.